The zero-order valence-electron chi connectivity index (χ0n) is 10.9. The molecule has 0 bridgehead atoms. The first kappa shape index (κ1) is 15.5. The van der Waals surface area contributed by atoms with Crippen LogP contribution in [-0.2, 0) is 0 Å². The maximum Gasteiger partial charge on any atom is 0.270 e. The number of rotatable bonds is 4. The predicted molar refractivity (Wildman–Crippen MR) is 76.8 cm³/mol. The molecule has 0 atom stereocenters. The predicted octanol–water partition coefficient (Wildman–Crippen LogP) is 1.86. The highest BCUT2D eigenvalue weighted by molar-refractivity contribution is 6.33. The number of carbonyl (C=O) groups is 2. The second-order valence-corrected chi connectivity index (χ2v) is 4.65. The summed E-state index contributed by atoms with van der Waals surface area (Å²) in [7, 11) is 0. The van der Waals surface area contributed by atoms with Gasteiger partial charge in [0.1, 0.15) is 0 Å². The average Bonchev–Trinajstić information content (AvgIpc) is 2.49. The van der Waals surface area contributed by atoms with E-state index in [2.05, 4.69) is 5.32 Å². The monoisotopic (exact) mass is 319 g/mol. The third kappa shape index (κ3) is 3.39. The van der Waals surface area contributed by atoms with Gasteiger partial charge in [-0.1, -0.05) is 17.7 Å². The molecule has 0 saturated carbocycles. The molecular weight excluding hydrogens is 312 g/mol. The van der Waals surface area contributed by atoms with Gasteiger partial charge in [0.05, 0.1) is 10.9 Å². The summed E-state index contributed by atoms with van der Waals surface area (Å²) in [6, 6.07) is 9.00. The molecule has 8 heteroatoms. The third-order valence-electron chi connectivity index (χ3n) is 2.76. The van der Waals surface area contributed by atoms with E-state index in [1.54, 1.807) is 0 Å². The number of carboxylic acid groups (broad SMARTS) is 1. The van der Waals surface area contributed by atoms with E-state index < -0.39 is 16.8 Å². The maximum atomic E-state index is 12.0. The van der Waals surface area contributed by atoms with Crippen LogP contribution in [0.5, 0.6) is 0 Å². The molecule has 1 N–H and O–H groups in total. The van der Waals surface area contributed by atoms with Gasteiger partial charge < -0.3 is 15.2 Å². The number of nitrogens with one attached hydrogen (secondary N) is 1. The van der Waals surface area contributed by atoms with Crippen LogP contribution in [0.1, 0.15) is 20.7 Å². The Bertz CT molecular complexity index is 776. The van der Waals surface area contributed by atoms with E-state index in [1.165, 1.54) is 30.3 Å². The molecule has 0 aliphatic rings. The third-order valence-corrected chi connectivity index (χ3v) is 3.09. The Kier molecular flexibility index (Phi) is 4.38. The van der Waals surface area contributed by atoms with Gasteiger partial charge in [0.15, 0.2) is 0 Å². The topological polar surface area (TPSA) is 112 Å². The maximum absolute atomic E-state index is 12.0. The lowest BCUT2D eigenvalue weighted by molar-refractivity contribution is -0.384. The summed E-state index contributed by atoms with van der Waals surface area (Å²) in [4.78, 5) is 33.0. The summed E-state index contributed by atoms with van der Waals surface area (Å²) < 4.78 is 0. The van der Waals surface area contributed by atoms with Crippen LogP contribution in [0.15, 0.2) is 42.5 Å². The van der Waals surface area contributed by atoms with Crippen LogP contribution in [0, 0.1) is 10.1 Å². The summed E-state index contributed by atoms with van der Waals surface area (Å²) in [5.41, 5.74) is -0.239. The van der Waals surface area contributed by atoms with Gasteiger partial charge in [-0.3, -0.25) is 14.9 Å². The van der Waals surface area contributed by atoms with E-state index in [0.717, 1.165) is 12.1 Å². The van der Waals surface area contributed by atoms with Crippen molar-refractivity contribution in [1.82, 2.24) is 0 Å². The second kappa shape index (κ2) is 6.23. The minimum absolute atomic E-state index is 0.0200. The van der Waals surface area contributed by atoms with E-state index in [-0.39, 0.29) is 27.5 Å². The minimum atomic E-state index is -1.48. The summed E-state index contributed by atoms with van der Waals surface area (Å²) in [5.74, 6) is -2.09. The zero-order chi connectivity index (χ0) is 16.3. The summed E-state index contributed by atoms with van der Waals surface area (Å²) in [5, 5.41) is 24.0. The molecule has 0 saturated heterocycles. The number of nitro groups is 1. The molecule has 0 radical (unpaired) electrons. The number of benzene rings is 2. The van der Waals surface area contributed by atoms with Crippen LogP contribution < -0.4 is 10.4 Å². The standard InChI is InChI=1S/C14H9ClN2O5/c15-12-5-4-9(7-11(12)14(19)20)16-13(18)8-2-1-3-10(6-8)17(21)22/h1-7H,(H,16,18)(H,19,20)/p-1. The van der Waals surface area contributed by atoms with Gasteiger partial charge in [0.25, 0.3) is 11.6 Å². The van der Waals surface area contributed by atoms with Crippen molar-refractivity contribution in [1.29, 1.82) is 0 Å². The van der Waals surface area contributed by atoms with Crippen LogP contribution in [0.2, 0.25) is 5.02 Å². The number of carboxylic acids is 1. The minimum Gasteiger partial charge on any atom is -0.545 e. The number of aromatic carboxylic acids is 1. The molecule has 0 aromatic heterocycles. The Hall–Kier alpha value is -2.93. The number of hydrogen-bond donors (Lipinski definition) is 1. The molecule has 0 aliphatic heterocycles. The van der Waals surface area contributed by atoms with E-state index in [1.807, 2.05) is 0 Å². The van der Waals surface area contributed by atoms with Gasteiger partial charge >= 0.3 is 0 Å². The van der Waals surface area contributed by atoms with Crippen molar-refractivity contribution in [3.8, 4) is 0 Å². The number of non-ortho nitro benzene ring substituents is 1. The zero-order valence-corrected chi connectivity index (χ0v) is 11.7. The first-order chi connectivity index (χ1) is 10.4. The summed E-state index contributed by atoms with van der Waals surface area (Å²) in [6.45, 7) is 0. The molecule has 0 aliphatic carbocycles. The summed E-state index contributed by atoms with van der Waals surface area (Å²) in [6.07, 6.45) is 0. The van der Waals surface area contributed by atoms with Crippen LogP contribution in [0.25, 0.3) is 0 Å². The van der Waals surface area contributed by atoms with Crippen molar-refractivity contribution < 1.29 is 19.6 Å². The highest BCUT2D eigenvalue weighted by Gasteiger charge is 2.12. The number of anilines is 1. The highest BCUT2D eigenvalue weighted by Crippen LogP contribution is 2.21. The number of nitro benzene ring substituents is 1. The SMILES string of the molecule is O=C(Nc1ccc(Cl)c(C(=O)[O-])c1)c1cccc([N+](=O)[O-])c1. The number of carbonyl (C=O) groups excluding carboxylic acids is 2. The Morgan fingerprint density at radius 1 is 1.14 bits per heavy atom. The molecule has 7 nitrogen and oxygen atoms in total. The molecule has 2 aromatic carbocycles. The fourth-order valence-electron chi connectivity index (χ4n) is 1.72. The van der Waals surface area contributed by atoms with Crippen LogP contribution in [0.3, 0.4) is 0 Å². The molecule has 0 spiro atoms. The molecule has 0 fully saturated rings. The van der Waals surface area contributed by atoms with Gasteiger partial charge in [-0.2, -0.15) is 0 Å². The van der Waals surface area contributed by atoms with Gasteiger partial charge in [-0.15, -0.1) is 0 Å². The molecular formula is C14H8ClN2O5-. The number of amides is 1. The van der Waals surface area contributed by atoms with E-state index in [4.69, 9.17) is 11.6 Å². The first-order valence-corrected chi connectivity index (χ1v) is 6.33. The van der Waals surface area contributed by atoms with Crippen molar-refractivity contribution in [3.05, 3.63) is 68.7 Å². The van der Waals surface area contributed by atoms with Crippen molar-refractivity contribution in [3.63, 3.8) is 0 Å². The van der Waals surface area contributed by atoms with Crippen LogP contribution in [0.4, 0.5) is 11.4 Å². The molecule has 112 valence electrons. The Morgan fingerprint density at radius 3 is 2.50 bits per heavy atom. The Morgan fingerprint density at radius 2 is 1.86 bits per heavy atom. The first-order valence-electron chi connectivity index (χ1n) is 5.95. The lowest BCUT2D eigenvalue weighted by Crippen LogP contribution is -2.23. The van der Waals surface area contributed by atoms with Gasteiger partial charge in [-0.05, 0) is 24.3 Å². The van der Waals surface area contributed by atoms with Crippen molar-refractivity contribution >= 4 is 34.9 Å². The summed E-state index contributed by atoms with van der Waals surface area (Å²) >= 11 is 5.69. The fraction of sp³-hybridized carbons (Fsp3) is 0. The van der Waals surface area contributed by atoms with Gasteiger partial charge in [-0.25, -0.2) is 0 Å². The molecule has 0 unspecified atom stereocenters. The van der Waals surface area contributed by atoms with Gasteiger partial charge in [0, 0.05) is 34.0 Å². The van der Waals surface area contributed by atoms with E-state index in [9.17, 15) is 24.8 Å². The molecule has 0 heterocycles. The highest BCUT2D eigenvalue weighted by atomic mass is 35.5. The molecule has 22 heavy (non-hydrogen) atoms. The molecule has 2 rings (SSSR count). The van der Waals surface area contributed by atoms with Crippen molar-refractivity contribution in [2.75, 3.05) is 5.32 Å². The van der Waals surface area contributed by atoms with Crippen molar-refractivity contribution in [2.45, 2.75) is 0 Å². The number of halogens is 1. The smallest absolute Gasteiger partial charge is 0.270 e. The van der Waals surface area contributed by atoms with E-state index >= 15 is 0 Å². The number of nitrogens with zero attached hydrogens (tertiary/aromatic N) is 1. The Labute approximate surface area is 129 Å². The Balaban J connectivity index is 2.26. The lowest BCUT2D eigenvalue weighted by Gasteiger charge is -2.09. The molecule has 2 aromatic rings. The quantitative estimate of drug-likeness (QED) is 0.682. The van der Waals surface area contributed by atoms with Crippen molar-refractivity contribution in [2.24, 2.45) is 0 Å². The lowest BCUT2D eigenvalue weighted by atomic mass is 10.1. The molecule has 1 amide bonds. The van der Waals surface area contributed by atoms with Crippen LogP contribution >= 0.6 is 11.6 Å². The fourth-order valence-corrected chi connectivity index (χ4v) is 1.92. The van der Waals surface area contributed by atoms with E-state index in [0.29, 0.717) is 0 Å². The normalized spacial score (nSPS) is 10.0. The second-order valence-electron chi connectivity index (χ2n) is 4.24. The number of hydrogen-bond acceptors (Lipinski definition) is 5. The average molecular weight is 320 g/mol. The largest absolute Gasteiger partial charge is 0.545 e. The van der Waals surface area contributed by atoms with Gasteiger partial charge in [0.2, 0.25) is 0 Å². The van der Waals surface area contributed by atoms with Crippen LogP contribution in [-0.4, -0.2) is 16.8 Å².